The van der Waals surface area contributed by atoms with Crippen molar-refractivity contribution in [2.75, 3.05) is 0 Å². The molecule has 1 aromatic rings. The number of nitrogens with two attached hydrogens (primary N) is 1. The lowest BCUT2D eigenvalue weighted by Crippen LogP contribution is -2.25. The zero-order valence-electron chi connectivity index (χ0n) is 7.14. The highest BCUT2D eigenvalue weighted by atomic mass is 79.9. The van der Waals surface area contributed by atoms with Gasteiger partial charge >= 0.3 is 0 Å². The minimum atomic E-state index is -0.546. The largest absolute Gasteiger partial charge is 0.369 e. The summed E-state index contributed by atoms with van der Waals surface area (Å²) in [6.45, 7) is 0. The van der Waals surface area contributed by atoms with E-state index in [1.807, 2.05) is 0 Å². The summed E-state index contributed by atoms with van der Waals surface area (Å²) in [5.74, 6) is -0.842. The third-order valence-electron chi connectivity index (χ3n) is 1.75. The first-order valence-electron chi connectivity index (χ1n) is 3.88. The van der Waals surface area contributed by atoms with Gasteiger partial charge in [0.2, 0.25) is 5.91 Å². The van der Waals surface area contributed by atoms with E-state index in [0.29, 0.717) is 10.0 Å². The third kappa shape index (κ3) is 2.78. The molecule has 1 amide bonds. The number of hydrogen-bond donors (Lipinski definition) is 1. The lowest BCUT2D eigenvalue weighted by molar-refractivity contribution is -0.117. The van der Waals surface area contributed by atoms with Crippen molar-refractivity contribution in [1.29, 1.82) is 0 Å². The van der Waals surface area contributed by atoms with Crippen LogP contribution in [-0.2, 0) is 11.2 Å². The number of halogens is 3. The molecule has 1 unspecified atom stereocenters. The molecular weight excluding hydrogens is 317 g/mol. The number of rotatable bonds is 3. The second-order valence-electron chi connectivity index (χ2n) is 2.77. The molecule has 0 heterocycles. The van der Waals surface area contributed by atoms with Gasteiger partial charge in [-0.25, -0.2) is 4.39 Å². The Hall–Kier alpha value is -0.420. The summed E-state index contributed by atoms with van der Waals surface area (Å²) in [6.07, 6.45) is 0.239. The Labute approximate surface area is 97.9 Å². The lowest BCUT2D eigenvalue weighted by Gasteiger charge is -2.08. The Kier molecular flexibility index (Phi) is 4.07. The average molecular weight is 325 g/mol. The van der Waals surface area contributed by atoms with Crippen LogP contribution in [-0.4, -0.2) is 10.7 Å². The van der Waals surface area contributed by atoms with Crippen molar-refractivity contribution in [1.82, 2.24) is 0 Å². The Morgan fingerprint density at radius 2 is 2.21 bits per heavy atom. The quantitative estimate of drug-likeness (QED) is 0.852. The minimum Gasteiger partial charge on any atom is -0.369 e. The fourth-order valence-electron chi connectivity index (χ4n) is 1.01. The molecule has 0 aromatic heterocycles. The Bertz CT molecular complexity index is 336. The number of hydrogen-bond acceptors (Lipinski definition) is 1. The van der Waals surface area contributed by atoms with Crippen molar-refractivity contribution in [3.8, 4) is 0 Å². The number of carbonyl (C=O) groups excluding carboxylic acids is 1. The van der Waals surface area contributed by atoms with E-state index in [4.69, 9.17) is 5.73 Å². The molecular formula is C9H8Br2FNO. The van der Waals surface area contributed by atoms with Gasteiger partial charge < -0.3 is 5.73 Å². The first kappa shape index (κ1) is 11.7. The summed E-state index contributed by atoms with van der Waals surface area (Å²) in [5, 5.41) is 0. The molecule has 76 valence electrons. The molecule has 0 radical (unpaired) electrons. The monoisotopic (exact) mass is 323 g/mol. The fourth-order valence-corrected chi connectivity index (χ4v) is 1.83. The van der Waals surface area contributed by atoms with Crippen LogP contribution in [0.3, 0.4) is 0 Å². The van der Waals surface area contributed by atoms with E-state index >= 15 is 0 Å². The van der Waals surface area contributed by atoms with Crippen LogP contribution in [0.5, 0.6) is 0 Å². The smallest absolute Gasteiger partial charge is 0.231 e. The molecule has 0 aliphatic carbocycles. The highest BCUT2D eigenvalue weighted by Gasteiger charge is 2.16. The molecule has 2 nitrogen and oxygen atoms in total. The molecule has 0 saturated carbocycles. The molecule has 0 bridgehead atoms. The summed E-state index contributed by atoms with van der Waals surface area (Å²) in [4.78, 5) is 10.2. The van der Waals surface area contributed by atoms with E-state index in [1.165, 1.54) is 6.07 Å². The zero-order valence-corrected chi connectivity index (χ0v) is 10.3. The van der Waals surface area contributed by atoms with Crippen LogP contribution < -0.4 is 5.73 Å². The van der Waals surface area contributed by atoms with Gasteiger partial charge in [-0.05, 0) is 18.6 Å². The number of benzene rings is 1. The van der Waals surface area contributed by atoms with Gasteiger partial charge in [-0.2, -0.15) is 0 Å². The van der Waals surface area contributed by atoms with Gasteiger partial charge in [0.1, 0.15) is 5.82 Å². The number of primary amides is 1. The van der Waals surface area contributed by atoms with Crippen molar-refractivity contribution in [2.24, 2.45) is 5.73 Å². The Balaban J connectivity index is 2.91. The molecule has 1 atom stereocenters. The Morgan fingerprint density at radius 3 is 2.71 bits per heavy atom. The molecule has 0 spiro atoms. The van der Waals surface area contributed by atoms with Crippen LogP contribution >= 0.6 is 31.9 Å². The van der Waals surface area contributed by atoms with Crippen LogP contribution in [0.1, 0.15) is 5.56 Å². The number of amides is 1. The Morgan fingerprint density at radius 1 is 1.57 bits per heavy atom. The third-order valence-corrected chi connectivity index (χ3v) is 3.27. The van der Waals surface area contributed by atoms with Crippen LogP contribution in [0.15, 0.2) is 22.7 Å². The minimum absolute atomic E-state index is 0.239. The van der Waals surface area contributed by atoms with Crippen LogP contribution in [0.4, 0.5) is 4.39 Å². The first-order chi connectivity index (χ1) is 6.52. The van der Waals surface area contributed by atoms with Crippen molar-refractivity contribution in [3.63, 3.8) is 0 Å². The molecule has 0 saturated heterocycles. The molecule has 5 heteroatoms. The maximum Gasteiger partial charge on any atom is 0.231 e. The van der Waals surface area contributed by atoms with E-state index in [1.54, 1.807) is 12.1 Å². The van der Waals surface area contributed by atoms with Gasteiger partial charge in [0.05, 0.1) is 4.83 Å². The maximum absolute atomic E-state index is 13.3. The van der Waals surface area contributed by atoms with Crippen molar-refractivity contribution in [2.45, 2.75) is 11.2 Å². The summed E-state index contributed by atoms with van der Waals surface area (Å²) in [5.41, 5.74) is 5.51. The topological polar surface area (TPSA) is 43.1 Å². The standard InChI is InChI=1S/C9H8Br2FNO/c10-6-2-1-3-8(12)5(6)4-7(11)9(13)14/h1-3,7H,4H2,(H2,13,14). The highest BCUT2D eigenvalue weighted by Crippen LogP contribution is 2.22. The van der Waals surface area contributed by atoms with E-state index < -0.39 is 10.7 Å². The van der Waals surface area contributed by atoms with Gasteiger partial charge in [-0.3, -0.25) is 4.79 Å². The lowest BCUT2D eigenvalue weighted by atomic mass is 10.1. The summed E-state index contributed by atoms with van der Waals surface area (Å²) in [7, 11) is 0. The van der Waals surface area contributed by atoms with Crippen LogP contribution in [0.25, 0.3) is 0 Å². The van der Waals surface area contributed by atoms with Gasteiger partial charge in [-0.1, -0.05) is 37.9 Å². The van der Waals surface area contributed by atoms with Crippen molar-refractivity contribution in [3.05, 3.63) is 34.1 Å². The maximum atomic E-state index is 13.3. The first-order valence-corrected chi connectivity index (χ1v) is 5.59. The van der Waals surface area contributed by atoms with Gasteiger partial charge in [0.25, 0.3) is 0 Å². The molecule has 1 rings (SSSR count). The number of alkyl halides is 1. The summed E-state index contributed by atoms with van der Waals surface area (Å²) >= 11 is 6.30. The normalized spacial score (nSPS) is 12.5. The van der Waals surface area contributed by atoms with Gasteiger partial charge in [0.15, 0.2) is 0 Å². The van der Waals surface area contributed by atoms with Crippen molar-refractivity contribution < 1.29 is 9.18 Å². The second-order valence-corrected chi connectivity index (χ2v) is 4.73. The SMILES string of the molecule is NC(=O)C(Br)Cc1c(F)cccc1Br. The second kappa shape index (κ2) is 4.89. The van der Waals surface area contributed by atoms with Crippen LogP contribution in [0, 0.1) is 5.82 Å². The van der Waals surface area contributed by atoms with E-state index in [-0.39, 0.29) is 12.2 Å². The highest BCUT2D eigenvalue weighted by molar-refractivity contribution is 9.10. The molecule has 2 N–H and O–H groups in total. The van der Waals surface area contributed by atoms with E-state index in [2.05, 4.69) is 31.9 Å². The van der Waals surface area contributed by atoms with Gasteiger partial charge in [-0.15, -0.1) is 0 Å². The molecule has 0 aliphatic heterocycles. The van der Waals surface area contributed by atoms with Crippen molar-refractivity contribution >= 4 is 37.8 Å². The zero-order chi connectivity index (χ0) is 10.7. The number of carbonyl (C=O) groups is 1. The predicted molar refractivity (Wildman–Crippen MR) is 59.7 cm³/mol. The summed E-state index contributed by atoms with van der Waals surface area (Å²) in [6, 6.07) is 4.66. The molecule has 0 fully saturated rings. The van der Waals surface area contributed by atoms with E-state index in [9.17, 15) is 9.18 Å². The summed E-state index contributed by atoms with van der Waals surface area (Å²) < 4.78 is 13.9. The average Bonchev–Trinajstić information content (AvgIpc) is 2.11. The predicted octanol–water partition coefficient (Wildman–Crippen LogP) is 2.38. The molecule has 0 aliphatic rings. The molecule has 14 heavy (non-hydrogen) atoms. The molecule has 1 aromatic carbocycles. The van der Waals surface area contributed by atoms with Crippen LogP contribution in [0.2, 0.25) is 0 Å². The van der Waals surface area contributed by atoms with E-state index in [0.717, 1.165) is 0 Å². The fraction of sp³-hybridized carbons (Fsp3) is 0.222. The van der Waals surface area contributed by atoms with Gasteiger partial charge in [0, 0.05) is 10.0 Å².